The van der Waals surface area contributed by atoms with Crippen LogP contribution in [0.2, 0.25) is 0 Å². The van der Waals surface area contributed by atoms with E-state index in [4.69, 9.17) is 5.73 Å². The number of sulfonamides is 1. The second kappa shape index (κ2) is 5.78. The molecule has 24 heavy (non-hydrogen) atoms. The molecule has 1 saturated carbocycles. The SMILES string of the molecule is NC1CC1c1ccc(-c2ccccc2)cc1NS(=O)(=O)C(F)(F)F. The number of benzene rings is 2. The summed E-state index contributed by atoms with van der Waals surface area (Å²) in [5, 5.41) is 0. The van der Waals surface area contributed by atoms with Crippen LogP contribution < -0.4 is 10.5 Å². The second-order valence-corrected chi connectivity index (χ2v) is 7.40. The summed E-state index contributed by atoms with van der Waals surface area (Å²) in [6.07, 6.45) is 0.616. The van der Waals surface area contributed by atoms with Gasteiger partial charge in [0.1, 0.15) is 0 Å². The van der Waals surface area contributed by atoms with E-state index >= 15 is 0 Å². The normalized spacial score (nSPS) is 20.7. The number of hydrogen-bond acceptors (Lipinski definition) is 3. The van der Waals surface area contributed by atoms with Gasteiger partial charge in [-0.3, -0.25) is 4.72 Å². The first-order valence-electron chi connectivity index (χ1n) is 7.23. The van der Waals surface area contributed by atoms with Gasteiger partial charge in [-0.2, -0.15) is 21.6 Å². The van der Waals surface area contributed by atoms with Gasteiger partial charge in [-0.15, -0.1) is 0 Å². The maximum absolute atomic E-state index is 12.7. The van der Waals surface area contributed by atoms with Crippen LogP contribution in [0, 0.1) is 0 Å². The Kier molecular flexibility index (Phi) is 4.05. The fourth-order valence-electron chi connectivity index (χ4n) is 2.55. The van der Waals surface area contributed by atoms with Crippen LogP contribution in [0.25, 0.3) is 11.1 Å². The molecule has 0 spiro atoms. The van der Waals surface area contributed by atoms with Gasteiger partial charge in [-0.25, -0.2) is 0 Å². The van der Waals surface area contributed by atoms with E-state index in [-0.39, 0.29) is 17.6 Å². The predicted molar refractivity (Wildman–Crippen MR) is 85.8 cm³/mol. The van der Waals surface area contributed by atoms with Crippen LogP contribution >= 0.6 is 0 Å². The maximum Gasteiger partial charge on any atom is 0.516 e. The summed E-state index contributed by atoms with van der Waals surface area (Å²) in [5.41, 5.74) is 2.19. The van der Waals surface area contributed by atoms with Crippen molar-refractivity contribution in [1.29, 1.82) is 0 Å². The van der Waals surface area contributed by atoms with Crippen LogP contribution in [0.5, 0.6) is 0 Å². The van der Waals surface area contributed by atoms with Crippen molar-refractivity contribution in [3.8, 4) is 11.1 Å². The molecule has 3 N–H and O–H groups in total. The minimum absolute atomic E-state index is 0.0772. The summed E-state index contributed by atoms with van der Waals surface area (Å²) in [7, 11) is -5.49. The van der Waals surface area contributed by atoms with E-state index in [1.165, 1.54) is 6.07 Å². The van der Waals surface area contributed by atoms with E-state index in [9.17, 15) is 21.6 Å². The Bertz CT molecular complexity index is 851. The number of anilines is 1. The molecule has 3 rings (SSSR count). The Morgan fingerprint density at radius 2 is 1.67 bits per heavy atom. The summed E-state index contributed by atoms with van der Waals surface area (Å²) in [6.45, 7) is 0. The zero-order chi connectivity index (χ0) is 17.5. The van der Waals surface area contributed by atoms with Crippen molar-refractivity contribution in [2.24, 2.45) is 5.73 Å². The minimum Gasteiger partial charge on any atom is -0.327 e. The fourth-order valence-corrected chi connectivity index (χ4v) is 3.14. The standard InChI is InChI=1S/C16H15F3N2O2S/c17-16(18,19)24(22,23)21-15-8-11(10-4-2-1-3-5-10)6-7-12(15)13-9-14(13)20/h1-8,13-14,21H,9,20H2. The largest absolute Gasteiger partial charge is 0.516 e. The molecule has 0 aliphatic heterocycles. The highest BCUT2D eigenvalue weighted by Gasteiger charge is 2.47. The van der Waals surface area contributed by atoms with Gasteiger partial charge in [-0.05, 0) is 29.2 Å². The van der Waals surface area contributed by atoms with E-state index in [1.807, 2.05) is 6.07 Å². The van der Waals surface area contributed by atoms with Gasteiger partial charge in [-0.1, -0.05) is 42.5 Å². The summed E-state index contributed by atoms with van der Waals surface area (Å²) in [6, 6.07) is 13.6. The summed E-state index contributed by atoms with van der Waals surface area (Å²) in [4.78, 5) is 0. The number of nitrogens with two attached hydrogens (primary N) is 1. The molecule has 1 aliphatic rings. The zero-order valence-electron chi connectivity index (χ0n) is 12.4. The van der Waals surface area contributed by atoms with Gasteiger partial charge in [0.25, 0.3) is 0 Å². The highest BCUT2D eigenvalue weighted by molar-refractivity contribution is 7.93. The van der Waals surface area contributed by atoms with Crippen molar-refractivity contribution in [2.75, 3.05) is 4.72 Å². The monoisotopic (exact) mass is 356 g/mol. The number of nitrogens with one attached hydrogen (secondary N) is 1. The molecule has 128 valence electrons. The number of hydrogen-bond donors (Lipinski definition) is 2. The maximum atomic E-state index is 12.7. The van der Waals surface area contributed by atoms with E-state index < -0.39 is 15.5 Å². The smallest absolute Gasteiger partial charge is 0.327 e. The Balaban J connectivity index is 2.04. The minimum atomic E-state index is -5.49. The van der Waals surface area contributed by atoms with E-state index in [1.54, 1.807) is 41.1 Å². The van der Waals surface area contributed by atoms with Crippen molar-refractivity contribution in [3.63, 3.8) is 0 Å². The molecule has 0 saturated heterocycles. The van der Waals surface area contributed by atoms with Crippen molar-refractivity contribution in [2.45, 2.75) is 23.9 Å². The average molecular weight is 356 g/mol. The molecule has 0 amide bonds. The molecule has 1 fully saturated rings. The van der Waals surface area contributed by atoms with E-state index in [2.05, 4.69) is 0 Å². The molecule has 2 aromatic carbocycles. The summed E-state index contributed by atoms with van der Waals surface area (Å²) < 4.78 is 62.7. The number of rotatable bonds is 4. The second-order valence-electron chi connectivity index (χ2n) is 5.73. The van der Waals surface area contributed by atoms with Gasteiger partial charge in [0.15, 0.2) is 0 Å². The molecule has 0 radical (unpaired) electrons. The first kappa shape index (κ1) is 16.8. The summed E-state index contributed by atoms with van der Waals surface area (Å²) >= 11 is 0. The molecule has 0 aromatic heterocycles. The third-order valence-corrected chi connectivity index (χ3v) is 5.05. The quantitative estimate of drug-likeness (QED) is 0.882. The zero-order valence-corrected chi connectivity index (χ0v) is 13.2. The fraction of sp³-hybridized carbons (Fsp3) is 0.250. The molecule has 0 heterocycles. The Morgan fingerprint density at radius 3 is 2.21 bits per heavy atom. The van der Waals surface area contributed by atoms with Crippen molar-refractivity contribution in [3.05, 3.63) is 54.1 Å². The van der Waals surface area contributed by atoms with Crippen molar-refractivity contribution in [1.82, 2.24) is 0 Å². The Labute approximate surface area is 137 Å². The van der Waals surface area contributed by atoms with Gasteiger partial charge in [0, 0.05) is 12.0 Å². The van der Waals surface area contributed by atoms with Crippen LogP contribution in [0.3, 0.4) is 0 Å². The predicted octanol–water partition coefficient (Wildman–Crippen LogP) is 3.43. The lowest BCUT2D eigenvalue weighted by molar-refractivity contribution is -0.0429. The van der Waals surface area contributed by atoms with Gasteiger partial charge in [0.2, 0.25) is 0 Å². The third-order valence-electron chi connectivity index (χ3n) is 3.95. The molecule has 8 heteroatoms. The lowest BCUT2D eigenvalue weighted by Gasteiger charge is -2.15. The van der Waals surface area contributed by atoms with Gasteiger partial charge >= 0.3 is 15.5 Å². The molecule has 2 aromatic rings. The van der Waals surface area contributed by atoms with E-state index in [0.717, 1.165) is 5.56 Å². The van der Waals surface area contributed by atoms with Gasteiger partial charge < -0.3 is 5.73 Å². The Morgan fingerprint density at radius 1 is 1.04 bits per heavy atom. The molecule has 4 nitrogen and oxygen atoms in total. The molecular formula is C16H15F3N2O2S. The summed E-state index contributed by atoms with van der Waals surface area (Å²) in [5.74, 6) is -0.138. The topological polar surface area (TPSA) is 72.2 Å². The lowest BCUT2D eigenvalue weighted by Crippen LogP contribution is -2.30. The van der Waals surface area contributed by atoms with Gasteiger partial charge in [0.05, 0.1) is 5.69 Å². The molecule has 2 atom stereocenters. The molecular weight excluding hydrogens is 341 g/mol. The lowest BCUT2D eigenvalue weighted by atomic mass is 10.0. The van der Waals surface area contributed by atoms with E-state index in [0.29, 0.717) is 17.5 Å². The molecule has 0 bridgehead atoms. The molecule has 2 unspecified atom stereocenters. The van der Waals surface area contributed by atoms with Crippen LogP contribution in [-0.2, 0) is 10.0 Å². The highest BCUT2D eigenvalue weighted by Crippen LogP contribution is 2.44. The van der Waals surface area contributed by atoms with Crippen LogP contribution in [-0.4, -0.2) is 20.0 Å². The Hall–Kier alpha value is -2.06. The highest BCUT2D eigenvalue weighted by atomic mass is 32.2. The molecule has 1 aliphatic carbocycles. The number of alkyl halides is 3. The van der Waals surface area contributed by atoms with Crippen molar-refractivity contribution < 1.29 is 21.6 Å². The van der Waals surface area contributed by atoms with Crippen LogP contribution in [0.15, 0.2) is 48.5 Å². The van der Waals surface area contributed by atoms with Crippen molar-refractivity contribution >= 4 is 15.7 Å². The van der Waals surface area contributed by atoms with Crippen LogP contribution in [0.1, 0.15) is 17.9 Å². The first-order valence-corrected chi connectivity index (χ1v) is 8.71. The van der Waals surface area contributed by atoms with Crippen LogP contribution in [0.4, 0.5) is 18.9 Å². The number of halogens is 3. The third kappa shape index (κ3) is 3.25. The first-order chi connectivity index (χ1) is 11.2. The average Bonchev–Trinajstić information content (AvgIpc) is 3.23.